The summed E-state index contributed by atoms with van der Waals surface area (Å²) in [4.78, 5) is 31.0. The number of halogens is 1. The molecule has 4 rings (SSSR count). The average Bonchev–Trinajstić information content (AvgIpc) is 3.37. The van der Waals surface area contributed by atoms with Gasteiger partial charge in [0.25, 0.3) is 5.91 Å². The molecule has 2 amide bonds. The Bertz CT molecular complexity index is 1050. The predicted molar refractivity (Wildman–Crippen MR) is 119 cm³/mol. The van der Waals surface area contributed by atoms with Gasteiger partial charge in [0.15, 0.2) is 11.7 Å². The minimum atomic E-state index is -0.285. The van der Waals surface area contributed by atoms with Crippen molar-refractivity contribution in [2.24, 2.45) is 0 Å². The van der Waals surface area contributed by atoms with Gasteiger partial charge in [-0.05, 0) is 42.3 Å². The molecule has 2 aromatic carbocycles. The van der Waals surface area contributed by atoms with Crippen LogP contribution in [0.1, 0.15) is 23.3 Å². The van der Waals surface area contributed by atoms with Crippen LogP contribution in [0, 0.1) is 0 Å². The van der Waals surface area contributed by atoms with Crippen molar-refractivity contribution >= 4 is 45.6 Å². The van der Waals surface area contributed by atoms with E-state index in [0.717, 1.165) is 29.1 Å². The van der Waals surface area contributed by atoms with Crippen molar-refractivity contribution in [3.63, 3.8) is 0 Å². The van der Waals surface area contributed by atoms with Gasteiger partial charge in [-0.1, -0.05) is 29.8 Å². The Labute approximate surface area is 183 Å². The summed E-state index contributed by atoms with van der Waals surface area (Å²) in [5.74, 6) is 0.423. The summed E-state index contributed by atoms with van der Waals surface area (Å²) >= 11 is 7.61. The number of amides is 2. The van der Waals surface area contributed by atoms with Crippen LogP contribution >= 0.6 is 22.9 Å². The molecule has 1 aromatic heterocycles. The zero-order valence-corrected chi connectivity index (χ0v) is 17.7. The van der Waals surface area contributed by atoms with Crippen molar-refractivity contribution in [1.29, 1.82) is 0 Å². The van der Waals surface area contributed by atoms with E-state index < -0.39 is 0 Å². The highest BCUT2D eigenvalue weighted by Gasteiger charge is 2.21. The van der Waals surface area contributed by atoms with Gasteiger partial charge in [-0.25, -0.2) is 4.98 Å². The first kappa shape index (κ1) is 20.4. The lowest BCUT2D eigenvalue weighted by Gasteiger charge is -2.16. The number of hydrogen-bond donors (Lipinski definition) is 1. The van der Waals surface area contributed by atoms with Gasteiger partial charge < -0.3 is 9.64 Å². The molecule has 8 heteroatoms. The molecule has 0 bridgehead atoms. The molecule has 30 heavy (non-hydrogen) atoms. The SMILES string of the molecule is O=C(COc1ccc(N2CCCC2=O)cc1)Nc1ncc(Cc2ccccc2Cl)s1. The second kappa shape index (κ2) is 9.28. The number of benzene rings is 2. The number of nitrogens with zero attached hydrogens (tertiary/aromatic N) is 2. The van der Waals surface area contributed by atoms with Crippen molar-refractivity contribution in [2.45, 2.75) is 19.3 Å². The molecule has 1 aliphatic rings. The number of carbonyl (C=O) groups is 2. The summed E-state index contributed by atoms with van der Waals surface area (Å²) < 4.78 is 5.55. The molecule has 0 spiro atoms. The summed E-state index contributed by atoms with van der Waals surface area (Å²) in [7, 11) is 0. The third-order valence-corrected chi connectivity index (χ3v) is 6.00. The predicted octanol–water partition coefficient (Wildman–Crippen LogP) is 4.53. The van der Waals surface area contributed by atoms with Crippen molar-refractivity contribution < 1.29 is 14.3 Å². The lowest BCUT2D eigenvalue weighted by Crippen LogP contribution is -2.23. The molecule has 6 nitrogen and oxygen atoms in total. The normalized spacial score (nSPS) is 13.5. The first-order valence-corrected chi connectivity index (χ1v) is 10.8. The van der Waals surface area contributed by atoms with Gasteiger partial charge in [0.05, 0.1) is 0 Å². The zero-order chi connectivity index (χ0) is 20.9. The Morgan fingerprint density at radius 3 is 2.73 bits per heavy atom. The second-order valence-electron chi connectivity index (χ2n) is 6.88. The molecule has 1 fully saturated rings. The fraction of sp³-hybridized carbons (Fsp3) is 0.227. The largest absolute Gasteiger partial charge is 0.484 e. The van der Waals surface area contributed by atoms with E-state index in [9.17, 15) is 9.59 Å². The number of ether oxygens (including phenoxy) is 1. The molecule has 0 atom stereocenters. The maximum atomic E-state index is 12.2. The smallest absolute Gasteiger partial charge is 0.264 e. The van der Waals surface area contributed by atoms with Crippen LogP contribution in [0.4, 0.5) is 10.8 Å². The van der Waals surface area contributed by atoms with Gasteiger partial charge in [-0.3, -0.25) is 14.9 Å². The monoisotopic (exact) mass is 441 g/mol. The quantitative estimate of drug-likeness (QED) is 0.584. The molecule has 2 heterocycles. The Morgan fingerprint density at radius 2 is 2.00 bits per heavy atom. The number of hydrogen-bond acceptors (Lipinski definition) is 5. The topological polar surface area (TPSA) is 71.5 Å². The maximum Gasteiger partial charge on any atom is 0.264 e. The molecule has 0 saturated carbocycles. The summed E-state index contributed by atoms with van der Waals surface area (Å²) in [5.41, 5.74) is 1.87. The van der Waals surface area contributed by atoms with Crippen molar-refractivity contribution in [1.82, 2.24) is 4.98 Å². The van der Waals surface area contributed by atoms with E-state index in [4.69, 9.17) is 16.3 Å². The number of rotatable bonds is 7. The summed E-state index contributed by atoms with van der Waals surface area (Å²) in [6.45, 7) is 0.620. The first-order valence-electron chi connectivity index (χ1n) is 9.60. The first-order chi connectivity index (χ1) is 14.6. The van der Waals surface area contributed by atoms with Gasteiger partial charge in [0.1, 0.15) is 5.75 Å². The molecule has 1 aliphatic heterocycles. The van der Waals surface area contributed by atoms with E-state index in [1.807, 2.05) is 36.4 Å². The van der Waals surface area contributed by atoms with Crippen LogP contribution in [-0.2, 0) is 16.0 Å². The fourth-order valence-electron chi connectivity index (χ4n) is 3.22. The molecule has 1 N–H and O–H groups in total. The van der Waals surface area contributed by atoms with Crippen LogP contribution in [0.25, 0.3) is 0 Å². The van der Waals surface area contributed by atoms with Gasteiger partial charge in [0.2, 0.25) is 5.91 Å². The van der Waals surface area contributed by atoms with E-state index in [2.05, 4.69) is 10.3 Å². The van der Waals surface area contributed by atoms with Crippen LogP contribution in [0.2, 0.25) is 5.02 Å². The van der Waals surface area contributed by atoms with E-state index in [-0.39, 0.29) is 18.4 Å². The van der Waals surface area contributed by atoms with E-state index in [1.54, 1.807) is 23.2 Å². The van der Waals surface area contributed by atoms with Crippen LogP contribution in [0.3, 0.4) is 0 Å². The lowest BCUT2D eigenvalue weighted by atomic mass is 10.1. The van der Waals surface area contributed by atoms with Crippen LogP contribution in [-0.4, -0.2) is 29.9 Å². The summed E-state index contributed by atoms with van der Waals surface area (Å²) in [6, 6.07) is 14.9. The van der Waals surface area contributed by atoms with Crippen LogP contribution in [0.15, 0.2) is 54.7 Å². The Morgan fingerprint density at radius 1 is 1.20 bits per heavy atom. The third-order valence-electron chi connectivity index (χ3n) is 4.71. The minimum absolute atomic E-state index is 0.124. The Balaban J connectivity index is 1.27. The van der Waals surface area contributed by atoms with Crippen molar-refractivity contribution in [3.05, 3.63) is 70.2 Å². The third kappa shape index (κ3) is 4.98. The molecular formula is C22H20ClN3O3S. The lowest BCUT2D eigenvalue weighted by molar-refractivity contribution is -0.118. The minimum Gasteiger partial charge on any atom is -0.484 e. The summed E-state index contributed by atoms with van der Waals surface area (Å²) in [6.07, 6.45) is 3.88. The number of carbonyl (C=O) groups excluding carboxylic acids is 2. The van der Waals surface area contributed by atoms with Crippen molar-refractivity contribution in [2.75, 3.05) is 23.4 Å². The maximum absolute atomic E-state index is 12.2. The molecule has 0 radical (unpaired) electrons. The Hall–Kier alpha value is -2.90. The highest BCUT2D eigenvalue weighted by molar-refractivity contribution is 7.15. The number of anilines is 2. The molecule has 1 saturated heterocycles. The number of thiazole rings is 1. The van der Waals surface area contributed by atoms with Crippen LogP contribution < -0.4 is 15.0 Å². The van der Waals surface area contributed by atoms with Gasteiger partial charge in [0, 0.05) is 41.2 Å². The standard InChI is InChI=1S/C22H20ClN3O3S/c23-19-5-2-1-4-15(19)12-18-13-24-22(30-18)25-20(27)14-29-17-9-7-16(8-10-17)26-11-3-6-21(26)28/h1-2,4-5,7-10,13H,3,6,11-12,14H2,(H,24,25,27). The molecule has 154 valence electrons. The average molecular weight is 442 g/mol. The fourth-order valence-corrected chi connectivity index (χ4v) is 4.28. The van der Waals surface area contributed by atoms with Crippen LogP contribution in [0.5, 0.6) is 5.75 Å². The highest BCUT2D eigenvalue weighted by Crippen LogP contribution is 2.25. The Kier molecular flexibility index (Phi) is 6.30. The van der Waals surface area contributed by atoms with E-state index >= 15 is 0 Å². The number of nitrogens with one attached hydrogen (secondary N) is 1. The molecule has 0 unspecified atom stereocenters. The number of aromatic nitrogens is 1. The zero-order valence-electron chi connectivity index (χ0n) is 16.1. The van der Waals surface area contributed by atoms with Gasteiger partial charge in [-0.2, -0.15) is 0 Å². The van der Waals surface area contributed by atoms with Gasteiger partial charge in [-0.15, -0.1) is 11.3 Å². The molecule has 0 aliphatic carbocycles. The highest BCUT2D eigenvalue weighted by atomic mass is 35.5. The summed E-state index contributed by atoms with van der Waals surface area (Å²) in [5, 5.41) is 3.99. The van der Waals surface area contributed by atoms with Crippen molar-refractivity contribution in [3.8, 4) is 5.75 Å². The van der Waals surface area contributed by atoms with Gasteiger partial charge >= 0.3 is 0 Å². The van der Waals surface area contributed by atoms with E-state index in [0.29, 0.717) is 28.7 Å². The molecular weight excluding hydrogens is 422 g/mol. The molecule has 3 aromatic rings. The second-order valence-corrected chi connectivity index (χ2v) is 8.40. The van der Waals surface area contributed by atoms with E-state index in [1.165, 1.54) is 11.3 Å².